The molecule has 1 saturated heterocycles. The number of hydrogen-bond acceptors (Lipinski definition) is 3. The molecule has 5 heteroatoms. The maximum Gasteiger partial charge on any atom is 0.251 e. The lowest BCUT2D eigenvalue weighted by Gasteiger charge is -2.29. The van der Waals surface area contributed by atoms with E-state index < -0.39 is 0 Å². The van der Waals surface area contributed by atoms with E-state index >= 15 is 0 Å². The summed E-state index contributed by atoms with van der Waals surface area (Å²) in [5, 5.41) is 2.90. The van der Waals surface area contributed by atoms with Gasteiger partial charge in [0.05, 0.1) is 0 Å². The van der Waals surface area contributed by atoms with Crippen LogP contribution >= 0.6 is 0 Å². The molecule has 2 aromatic carbocycles. The predicted molar refractivity (Wildman–Crippen MR) is 114 cm³/mol. The van der Waals surface area contributed by atoms with E-state index in [4.69, 9.17) is 0 Å². The summed E-state index contributed by atoms with van der Waals surface area (Å²) in [4.78, 5) is 28.5. The van der Waals surface area contributed by atoms with E-state index in [9.17, 15) is 9.59 Å². The molecule has 148 valence electrons. The van der Waals surface area contributed by atoms with Crippen LogP contribution in [0.2, 0.25) is 0 Å². The Labute approximate surface area is 167 Å². The molecule has 0 saturated carbocycles. The van der Waals surface area contributed by atoms with Crippen LogP contribution in [0, 0.1) is 6.92 Å². The zero-order valence-corrected chi connectivity index (χ0v) is 16.8. The molecule has 0 spiro atoms. The molecular formula is C23H29N3O2. The van der Waals surface area contributed by atoms with Crippen LogP contribution in [0.1, 0.15) is 42.1 Å². The van der Waals surface area contributed by atoms with Crippen molar-refractivity contribution in [1.29, 1.82) is 0 Å². The van der Waals surface area contributed by atoms with Crippen molar-refractivity contribution in [3.8, 4) is 0 Å². The monoisotopic (exact) mass is 379 g/mol. The van der Waals surface area contributed by atoms with Gasteiger partial charge in [-0.25, -0.2) is 0 Å². The van der Waals surface area contributed by atoms with E-state index in [-0.39, 0.29) is 11.8 Å². The Hall–Kier alpha value is -2.82. The molecule has 0 unspecified atom stereocenters. The summed E-state index contributed by atoms with van der Waals surface area (Å²) in [7, 11) is 0. The summed E-state index contributed by atoms with van der Waals surface area (Å²) in [5.74, 6) is -0.150. The summed E-state index contributed by atoms with van der Waals surface area (Å²) in [5.41, 5.74) is 3.75. The topological polar surface area (TPSA) is 52.7 Å². The van der Waals surface area contributed by atoms with E-state index in [1.165, 1.54) is 24.9 Å². The number of hydrogen-bond donors (Lipinski definition) is 1. The minimum Gasteiger partial charge on any atom is -0.372 e. The van der Waals surface area contributed by atoms with Crippen molar-refractivity contribution >= 4 is 23.2 Å². The van der Waals surface area contributed by atoms with Gasteiger partial charge in [0.2, 0.25) is 5.91 Å². The Kier molecular flexibility index (Phi) is 6.69. The van der Waals surface area contributed by atoms with E-state index in [1.807, 2.05) is 37.3 Å². The van der Waals surface area contributed by atoms with Gasteiger partial charge in [-0.2, -0.15) is 0 Å². The van der Waals surface area contributed by atoms with Gasteiger partial charge in [0.15, 0.2) is 0 Å². The highest BCUT2D eigenvalue weighted by Crippen LogP contribution is 2.23. The second kappa shape index (κ2) is 9.40. The van der Waals surface area contributed by atoms with Gasteiger partial charge in [0.1, 0.15) is 0 Å². The third-order valence-corrected chi connectivity index (χ3v) is 5.16. The minimum atomic E-state index is -0.118. The van der Waals surface area contributed by atoms with E-state index in [2.05, 4.69) is 22.3 Å². The van der Waals surface area contributed by atoms with Crippen LogP contribution < -0.4 is 15.1 Å². The Balaban J connectivity index is 1.58. The number of nitrogens with one attached hydrogen (secondary N) is 1. The number of carbonyl (C=O) groups excluding carboxylic acids is 2. The van der Waals surface area contributed by atoms with Crippen LogP contribution in [0.4, 0.5) is 11.4 Å². The lowest BCUT2D eigenvalue weighted by atomic mass is 10.1. The zero-order valence-electron chi connectivity index (χ0n) is 16.8. The largest absolute Gasteiger partial charge is 0.372 e. The second-order valence-corrected chi connectivity index (χ2v) is 7.36. The normalized spacial score (nSPS) is 13.9. The van der Waals surface area contributed by atoms with Crippen molar-refractivity contribution in [1.82, 2.24) is 5.32 Å². The first-order valence-electron chi connectivity index (χ1n) is 10.0. The van der Waals surface area contributed by atoms with Crippen molar-refractivity contribution in [3.05, 3.63) is 59.7 Å². The molecule has 0 radical (unpaired) electrons. The number of piperidine rings is 1. The number of anilines is 2. The molecule has 5 nitrogen and oxygen atoms in total. The zero-order chi connectivity index (χ0) is 19.9. The van der Waals surface area contributed by atoms with E-state index in [1.54, 1.807) is 17.9 Å². The molecule has 1 N–H and O–H groups in total. The Bertz CT molecular complexity index is 811. The highest BCUT2D eigenvalue weighted by Gasteiger charge is 2.15. The van der Waals surface area contributed by atoms with Gasteiger partial charge in [-0.3, -0.25) is 9.59 Å². The Morgan fingerprint density at radius 2 is 1.75 bits per heavy atom. The van der Waals surface area contributed by atoms with Crippen LogP contribution in [-0.4, -0.2) is 38.0 Å². The maximum atomic E-state index is 12.3. The molecule has 0 aromatic heterocycles. The van der Waals surface area contributed by atoms with Crippen LogP contribution in [-0.2, 0) is 4.79 Å². The first-order valence-corrected chi connectivity index (χ1v) is 10.0. The summed E-state index contributed by atoms with van der Waals surface area (Å²) >= 11 is 0. The minimum absolute atomic E-state index is 0.0319. The molecule has 2 amide bonds. The number of amides is 2. The molecule has 1 aliphatic rings. The van der Waals surface area contributed by atoms with Crippen LogP contribution in [0.3, 0.4) is 0 Å². The summed E-state index contributed by atoms with van der Waals surface area (Å²) in [6, 6.07) is 15.6. The lowest BCUT2D eigenvalue weighted by molar-refractivity contribution is -0.116. The van der Waals surface area contributed by atoms with E-state index in [0.29, 0.717) is 18.7 Å². The number of aryl methyl sites for hydroxylation is 1. The van der Waals surface area contributed by atoms with Gasteiger partial charge < -0.3 is 15.1 Å². The fraction of sp³-hybridized carbons (Fsp3) is 0.391. The van der Waals surface area contributed by atoms with Crippen molar-refractivity contribution in [2.45, 2.75) is 33.1 Å². The highest BCUT2D eigenvalue weighted by molar-refractivity contribution is 5.95. The third kappa shape index (κ3) is 5.12. The molecule has 1 fully saturated rings. The molecule has 1 heterocycles. The molecule has 2 aromatic rings. The SMILES string of the molecule is CC(=O)N(CCNC(=O)c1cccc(C)c1)c1ccc(N2CCCCC2)cc1. The van der Waals surface area contributed by atoms with E-state index in [0.717, 1.165) is 24.3 Å². The molecule has 0 aliphatic carbocycles. The summed E-state index contributed by atoms with van der Waals surface area (Å²) < 4.78 is 0. The maximum absolute atomic E-state index is 12.3. The lowest BCUT2D eigenvalue weighted by Crippen LogP contribution is -2.37. The first-order chi connectivity index (χ1) is 13.5. The van der Waals surface area contributed by atoms with Gasteiger partial charge in [-0.1, -0.05) is 17.7 Å². The molecule has 0 atom stereocenters. The van der Waals surface area contributed by atoms with Gasteiger partial charge in [-0.05, 0) is 62.6 Å². The molecule has 0 bridgehead atoms. The first kappa shape index (κ1) is 19.9. The predicted octanol–water partition coefficient (Wildman–Crippen LogP) is 3.77. The van der Waals surface area contributed by atoms with Gasteiger partial charge >= 0.3 is 0 Å². The van der Waals surface area contributed by atoms with Crippen molar-refractivity contribution in [2.24, 2.45) is 0 Å². The van der Waals surface area contributed by atoms with Crippen molar-refractivity contribution in [2.75, 3.05) is 36.0 Å². The fourth-order valence-electron chi connectivity index (χ4n) is 3.63. The second-order valence-electron chi connectivity index (χ2n) is 7.36. The molecular weight excluding hydrogens is 350 g/mol. The molecule has 28 heavy (non-hydrogen) atoms. The van der Waals surface area contributed by atoms with Gasteiger partial charge in [0.25, 0.3) is 5.91 Å². The molecule has 1 aliphatic heterocycles. The number of carbonyl (C=O) groups is 2. The number of benzene rings is 2. The standard InChI is InChI=1S/C23H29N3O2/c1-18-7-6-8-20(17-18)23(28)24-13-16-26(19(2)27)22-11-9-21(10-12-22)25-14-4-3-5-15-25/h6-12,17H,3-5,13-16H2,1-2H3,(H,24,28). The highest BCUT2D eigenvalue weighted by atomic mass is 16.2. The van der Waals surface area contributed by atoms with Crippen molar-refractivity contribution in [3.63, 3.8) is 0 Å². The fourth-order valence-corrected chi connectivity index (χ4v) is 3.63. The van der Waals surface area contributed by atoms with Crippen LogP contribution in [0.15, 0.2) is 48.5 Å². The quantitative estimate of drug-likeness (QED) is 0.831. The summed E-state index contributed by atoms with van der Waals surface area (Å²) in [6.45, 7) is 6.56. The number of nitrogens with zero attached hydrogens (tertiary/aromatic N) is 2. The van der Waals surface area contributed by atoms with Crippen LogP contribution in [0.5, 0.6) is 0 Å². The van der Waals surface area contributed by atoms with Crippen molar-refractivity contribution < 1.29 is 9.59 Å². The average Bonchev–Trinajstić information content (AvgIpc) is 2.71. The molecule has 3 rings (SSSR count). The Morgan fingerprint density at radius 3 is 2.39 bits per heavy atom. The van der Waals surface area contributed by atoms with Gasteiger partial charge in [0, 0.05) is 50.0 Å². The van der Waals surface area contributed by atoms with Gasteiger partial charge in [-0.15, -0.1) is 0 Å². The average molecular weight is 380 g/mol. The smallest absolute Gasteiger partial charge is 0.251 e. The van der Waals surface area contributed by atoms with Crippen LogP contribution in [0.25, 0.3) is 0 Å². The third-order valence-electron chi connectivity index (χ3n) is 5.16. The Morgan fingerprint density at radius 1 is 1.04 bits per heavy atom. The number of rotatable bonds is 6. The summed E-state index contributed by atoms with van der Waals surface area (Å²) in [6.07, 6.45) is 3.78.